The van der Waals surface area contributed by atoms with Gasteiger partial charge < -0.3 is 14.8 Å². The molecule has 2 amide bonds. The number of urea groups is 1. The van der Waals surface area contributed by atoms with Crippen LogP contribution in [0, 0.1) is 0 Å². The van der Waals surface area contributed by atoms with Crippen LogP contribution in [0.2, 0.25) is 0 Å². The van der Waals surface area contributed by atoms with E-state index in [0.29, 0.717) is 6.04 Å². The van der Waals surface area contributed by atoms with Gasteiger partial charge >= 0.3 is 6.03 Å². The fourth-order valence-electron chi connectivity index (χ4n) is 5.37. The van der Waals surface area contributed by atoms with Crippen molar-refractivity contribution in [1.82, 2.24) is 19.4 Å². The molecule has 1 N–H and O–H groups in total. The van der Waals surface area contributed by atoms with Crippen molar-refractivity contribution in [3.05, 3.63) is 36.2 Å². The molecule has 1 aromatic heterocycles. The lowest BCUT2D eigenvalue weighted by atomic mass is 10.1. The van der Waals surface area contributed by atoms with Gasteiger partial charge in [-0.15, -0.1) is 0 Å². The predicted octanol–water partition coefficient (Wildman–Crippen LogP) is 3.98. The fourth-order valence-corrected chi connectivity index (χ4v) is 5.37. The number of rotatable bonds is 3. The fraction of sp³-hybridized carbons (Fsp3) is 0.565. The summed E-state index contributed by atoms with van der Waals surface area (Å²) in [5, 5.41) is 3.14. The maximum absolute atomic E-state index is 13.0. The first-order valence-corrected chi connectivity index (χ1v) is 11.2. The maximum atomic E-state index is 13.0. The number of hydrogen-bond acceptors (Lipinski definition) is 3. The number of aryl methyl sites for hydroxylation is 1. The molecule has 2 atom stereocenters. The molecule has 0 saturated carbocycles. The molecule has 4 heterocycles. The summed E-state index contributed by atoms with van der Waals surface area (Å²) >= 11 is 0. The summed E-state index contributed by atoms with van der Waals surface area (Å²) in [6.45, 7) is 6.43. The molecule has 0 radical (unpaired) electrons. The summed E-state index contributed by atoms with van der Waals surface area (Å²) in [7, 11) is 0. The van der Waals surface area contributed by atoms with E-state index in [0.717, 1.165) is 43.0 Å². The minimum atomic E-state index is 0.0153. The number of amides is 2. The summed E-state index contributed by atoms with van der Waals surface area (Å²) in [5.41, 5.74) is 3.23. The van der Waals surface area contributed by atoms with Crippen LogP contribution in [-0.4, -0.2) is 57.1 Å². The van der Waals surface area contributed by atoms with Gasteiger partial charge in [0.05, 0.1) is 0 Å². The Morgan fingerprint density at radius 1 is 1.10 bits per heavy atom. The molecule has 5 rings (SSSR count). The second kappa shape index (κ2) is 7.82. The minimum Gasteiger partial charge on any atom is -0.328 e. The van der Waals surface area contributed by atoms with Gasteiger partial charge in [0.1, 0.15) is 5.82 Å². The number of hydrogen-bond donors (Lipinski definition) is 1. The molecule has 0 aliphatic carbocycles. The lowest BCUT2D eigenvalue weighted by Gasteiger charge is -2.30. The Morgan fingerprint density at radius 3 is 2.79 bits per heavy atom. The first kappa shape index (κ1) is 18.7. The topological polar surface area (TPSA) is 53.4 Å². The van der Waals surface area contributed by atoms with Crippen LogP contribution in [0.15, 0.2) is 30.5 Å². The predicted molar refractivity (Wildman–Crippen MR) is 115 cm³/mol. The van der Waals surface area contributed by atoms with Gasteiger partial charge in [0, 0.05) is 48.3 Å². The Morgan fingerprint density at radius 2 is 1.93 bits per heavy atom. The number of nitrogens with one attached hydrogen (secondary N) is 1. The molecule has 3 aliphatic rings. The Balaban J connectivity index is 1.29. The van der Waals surface area contributed by atoms with Crippen LogP contribution in [0.25, 0.3) is 11.4 Å². The largest absolute Gasteiger partial charge is 0.328 e. The molecule has 6 heteroatoms. The molecule has 2 aromatic rings. The lowest BCUT2D eigenvalue weighted by molar-refractivity contribution is 0.177. The number of carbonyl (C=O) groups is 1. The second-order valence-corrected chi connectivity index (χ2v) is 8.73. The van der Waals surface area contributed by atoms with E-state index in [-0.39, 0.29) is 12.1 Å². The van der Waals surface area contributed by atoms with Gasteiger partial charge in [0.25, 0.3) is 0 Å². The van der Waals surface area contributed by atoms with Crippen LogP contribution in [0.5, 0.6) is 0 Å². The van der Waals surface area contributed by atoms with Gasteiger partial charge in [-0.2, -0.15) is 0 Å². The summed E-state index contributed by atoms with van der Waals surface area (Å²) in [6, 6.07) is 8.90. The first-order chi connectivity index (χ1) is 14.2. The highest BCUT2D eigenvalue weighted by Gasteiger charge is 2.38. The summed E-state index contributed by atoms with van der Waals surface area (Å²) < 4.78 is 2.33. The van der Waals surface area contributed by atoms with Crippen LogP contribution >= 0.6 is 0 Å². The molecule has 2 unspecified atom stereocenters. The number of nitrogens with zero attached hydrogens (tertiary/aromatic N) is 4. The second-order valence-electron chi connectivity index (χ2n) is 8.73. The van der Waals surface area contributed by atoms with Crippen molar-refractivity contribution < 1.29 is 4.79 Å². The third kappa shape index (κ3) is 3.54. The zero-order valence-electron chi connectivity index (χ0n) is 17.3. The van der Waals surface area contributed by atoms with E-state index in [1.165, 1.54) is 44.5 Å². The van der Waals surface area contributed by atoms with Crippen molar-refractivity contribution in [1.29, 1.82) is 0 Å². The van der Waals surface area contributed by atoms with Crippen molar-refractivity contribution in [2.24, 2.45) is 0 Å². The molecular weight excluding hydrogens is 362 g/mol. The van der Waals surface area contributed by atoms with Crippen molar-refractivity contribution in [3.8, 4) is 11.4 Å². The SMILES string of the molecule is CC1C(N2CCCC2)CCN1C(=O)Nc1cccc(-c2ncc3n2CCCC3)c1. The van der Waals surface area contributed by atoms with Crippen LogP contribution in [0.4, 0.5) is 10.5 Å². The van der Waals surface area contributed by atoms with Gasteiger partial charge in [-0.3, -0.25) is 4.90 Å². The molecule has 2 saturated heterocycles. The van der Waals surface area contributed by atoms with Gasteiger partial charge in [-0.05, 0) is 70.7 Å². The molecule has 154 valence electrons. The number of anilines is 1. The van der Waals surface area contributed by atoms with Gasteiger partial charge in [0.15, 0.2) is 0 Å². The number of benzene rings is 1. The summed E-state index contributed by atoms with van der Waals surface area (Å²) in [5.74, 6) is 1.01. The van der Waals surface area contributed by atoms with Crippen LogP contribution in [-0.2, 0) is 13.0 Å². The lowest BCUT2D eigenvalue weighted by Crippen LogP contribution is -2.45. The number of imidazole rings is 1. The van der Waals surface area contributed by atoms with Crippen LogP contribution < -0.4 is 5.32 Å². The smallest absolute Gasteiger partial charge is 0.322 e. The van der Waals surface area contributed by atoms with E-state index in [1.54, 1.807) is 0 Å². The third-order valence-corrected chi connectivity index (χ3v) is 6.96. The Hall–Kier alpha value is -2.34. The number of fused-ring (bicyclic) bond motifs is 1. The van der Waals surface area contributed by atoms with E-state index in [1.807, 2.05) is 23.2 Å². The molecule has 3 aliphatic heterocycles. The molecule has 6 nitrogen and oxygen atoms in total. The summed E-state index contributed by atoms with van der Waals surface area (Å²) in [4.78, 5) is 22.2. The van der Waals surface area contributed by atoms with Crippen LogP contribution in [0.3, 0.4) is 0 Å². The molecule has 1 aromatic carbocycles. The van der Waals surface area contributed by atoms with E-state index in [2.05, 4.69) is 38.8 Å². The zero-order chi connectivity index (χ0) is 19.8. The van der Waals surface area contributed by atoms with E-state index in [4.69, 9.17) is 0 Å². The Bertz CT molecular complexity index is 885. The van der Waals surface area contributed by atoms with Crippen LogP contribution in [0.1, 0.15) is 44.7 Å². The maximum Gasteiger partial charge on any atom is 0.322 e. The normalized spacial score (nSPS) is 24.7. The molecule has 0 spiro atoms. The number of likely N-dealkylation sites (tertiary alicyclic amines) is 2. The van der Waals surface area contributed by atoms with Crippen molar-refractivity contribution >= 4 is 11.7 Å². The Kier molecular flexibility index (Phi) is 5.04. The highest BCUT2D eigenvalue weighted by Crippen LogP contribution is 2.28. The number of carbonyl (C=O) groups excluding carboxylic acids is 1. The molecule has 0 bridgehead atoms. The molecule has 2 fully saturated rings. The van der Waals surface area contributed by atoms with Crippen molar-refractivity contribution in [2.45, 2.75) is 64.1 Å². The first-order valence-electron chi connectivity index (χ1n) is 11.2. The monoisotopic (exact) mass is 393 g/mol. The Labute approximate surface area is 172 Å². The molecular formula is C23H31N5O. The average molecular weight is 394 g/mol. The van der Waals surface area contributed by atoms with Gasteiger partial charge in [-0.25, -0.2) is 9.78 Å². The highest BCUT2D eigenvalue weighted by molar-refractivity contribution is 5.90. The van der Waals surface area contributed by atoms with Gasteiger partial charge in [-0.1, -0.05) is 12.1 Å². The number of aromatic nitrogens is 2. The minimum absolute atomic E-state index is 0.0153. The van der Waals surface area contributed by atoms with E-state index < -0.39 is 0 Å². The molecule has 29 heavy (non-hydrogen) atoms. The van der Waals surface area contributed by atoms with Gasteiger partial charge in [0.2, 0.25) is 0 Å². The van der Waals surface area contributed by atoms with E-state index in [9.17, 15) is 4.79 Å². The zero-order valence-corrected chi connectivity index (χ0v) is 17.3. The van der Waals surface area contributed by atoms with Crippen molar-refractivity contribution in [2.75, 3.05) is 25.0 Å². The van der Waals surface area contributed by atoms with E-state index >= 15 is 0 Å². The standard InChI is InChI=1S/C23H31N5O/c1-17-21(26-11-4-5-12-26)10-14-27(17)23(29)25-19-8-6-7-18(15-19)22-24-16-20-9-2-3-13-28(20)22/h6-8,15-17,21H,2-5,9-14H2,1H3,(H,25,29). The average Bonchev–Trinajstić information content (AvgIpc) is 3.47. The van der Waals surface area contributed by atoms with Crippen molar-refractivity contribution in [3.63, 3.8) is 0 Å². The highest BCUT2D eigenvalue weighted by atomic mass is 16.2. The quantitative estimate of drug-likeness (QED) is 0.858. The summed E-state index contributed by atoms with van der Waals surface area (Å²) in [6.07, 6.45) is 9.22. The third-order valence-electron chi connectivity index (χ3n) is 6.96.